The molecule has 2 aromatic rings. The molecule has 1 fully saturated rings. The van der Waals surface area contributed by atoms with Crippen molar-refractivity contribution in [3.05, 3.63) is 65.2 Å². The van der Waals surface area contributed by atoms with E-state index in [1.165, 1.54) is 36.6 Å². The zero-order valence-electron chi connectivity index (χ0n) is 18.9. The van der Waals surface area contributed by atoms with Crippen molar-refractivity contribution in [3.8, 4) is 0 Å². The van der Waals surface area contributed by atoms with Gasteiger partial charge >= 0.3 is 0 Å². The highest BCUT2D eigenvalue weighted by Gasteiger charge is 2.28. The Labute approximate surface area is 190 Å². The number of carbonyl (C=O) groups excluding carboxylic acids is 2. The van der Waals surface area contributed by atoms with E-state index < -0.39 is 6.04 Å². The fourth-order valence-corrected chi connectivity index (χ4v) is 4.81. The third kappa shape index (κ3) is 7.13. The minimum absolute atomic E-state index is 0.0154. The van der Waals surface area contributed by atoms with Gasteiger partial charge in [0.15, 0.2) is 0 Å². The van der Waals surface area contributed by atoms with E-state index in [1.807, 2.05) is 44.2 Å². The predicted octanol–water partition coefficient (Wildman–Crippen LogP) is 5.26. The number of hydrogen-bond donors (Lipinski definition) is 1. The molecule has 0 aromatic heterocycles. The molecule has 2 aromatic carbocycles. The molecule has 0 bridgehead atoms. The molecular weight excluding hydrogens is 404 g/mol. The van der Waals surface area contributed by atoms with Gasteiger partial charge in [-0.1, -0.05) is 66.8 Å². The number of aryl methyl sites for hydroxylation is 2. The Morgan fingerprint density at radius 3 is 2.42 bits per heavy atom. The molecule has 166 valence electrons. The highest BCUT2D eigenvalue weighted by atomic mass is 32.2. The zero-order valence-corrected chi connectivity index (χ0v) is 19.7. The highest BCUT2D eigenvalue weighted by molar-refractivity contribution is 8.00. The summed E-state index contributed by atoms with van der Waals surface area (Å²) in [7, 11) is 0. The van der Waals surface area contributed by atoms with Crippen molar-refractivity contribution in [3.63, 3.8) is 0 Å². The molecule has 1 aliphatic carbocycles. The summed E-state index contributed by atoms with van der Waals surface area (Å²) in [5.41, 5.74) is 3.40. The third-order valence-electron chi connectivity index (χ3n) is 5.94. The molecule has 0 radical (unpaired) electrons. The van der Waals surface area contributed by atoms with Crippen LogP contribution >= 0.6 is 11.8 Å². The van der Waals surface area contributed by atoms with Gasteiger partial charge in [-0.3, -0.25) is 9.59 Å². The quantitative estimate of drug-likeness (QED) is 0.572. The molecule has 1 aliphatic rings. The molecule has 1 N–H and O–H groups in total. The molecule has 0 spiro atoms. The van der Waals surface area contributed by atoms with Gasteiger partial charge in [-0.25, -0.2) is 0 Å². The van der Waals surface area contributed by atoms with Crippen LogP contribution in [0.5, 0.6) is 0 Å². The summed E-state index contributed by atoms with van der Waals surface area (Å²) >= 11 is 1.52. The van der Waals surface area contributed by atoms with Crippen LogP contribution in [0, 0.1) is 13.8 Å². The number of nitrogens with one attached hydrogen (secondary N) is 1. The summed E-state index contributed by atoms with van der Waals surface area (Å²) in [5.74, 6) is 0.252. The summed E-state index contributed by atoms with van der Waals surface area (Å²) in [4.78, 5) is 29.0. The lowest BCUT2D eigenvalue weighted by Gasteiger charge is -2.31. The summed E-state index contributed by atoms with van der Waals surface area (Å²) in [6, 6.07) is 16.1. The van der Waals surface area contributed by atoms with Crippen molar-refractivity contribution < 1.29 is 9.59 Å². The second-order valence-corrected chi connectivity index (χ2v) is 9.68. The number of nitrogens with zero attached hydrogens (tertiary/aromatic N) is 1. The molecule has 0 heterocycles. The summed E-state index contributed by atoms with van der Waals surface area (Å²) in [5, 5.41) is 3.19. The summed E-state index contributed by atoms with van der Waals surface area (Å²) in [6.45, 7) is 6.38. The molecule has 1 unspecified atom stereocenters. The van der Waals surface area contributed by atoms with Crippen LogP contribution in [0.25, 0.3) is 0 Å². The van der Waals surface area contributed by atoms with E-state index in [-0.39, 0.29) is 17.9 Å². The van der Waals surface area contributed by atoms with Crippen molar-refractivity contribution in [2.75, 3.05) is 5.75 Å². The van der Waals surface area contributed by atoms with Gasteiger partial charge in [-0.05, 0) is 51.3 Å². The molecule has 5 heteroatoms. The molecular formula is C26H34N2O2S. The van der Waals surface area contributed by atoms with Crippen LogP contribution in [-0.4, -0.2) is 34.6 Å². The van der Waals surface area contributed by atoms with Crippen LogP contribution in [0.3, 0.4) is 0 Å². The lowest BCUT2D eigenvalue weighted by molar-refractivity contribution is -0.139. The van der Waals surface area contributed by atoms with E-state index in [4.69, 9.17) is 0 Å². The van der Waals surface area contributed by atoms with Crippen molar-refractivity contribution in [2.45, 2.75) is 76.4 Å². The average molecular weight is 439 g/mol. The van der Waals surface area contributed by atoms with E-state index in [9.17, 15) is 9.59 Å². The number of amides is 2. The first-order chi connectivity index (χ1) is 14.9. The Kier molecular flexibility index (Phi) is 8.59. The molecule has 1 saturated carbocycles. The second-order valence-electron chi connectivity index (χ2n) is 8.63. The molecule has 3 rings (SSSR count). The van der Waals surface area contributed by atoms with Crippen molar-refractivity contribution >= 4 is 23.6 Å². The van der Waals surface area contributed by atoms with Gasteiger partial charge in [0, 0.05) is 17.5 Å². The van der Waals surface area contributed by atoms with Gasteiger partial charge in [0.1, 0.15) is 6.04 Å². The second kappa shape index (κ2) is 11.4. The number of benzene rings is 2. The lowest BCUT2D eigenvalue weighted by Crippen LogP contribution is -2.50. The van der Waals surface area contributed by atoms with Crippen LogP contribution in [0.2, 0.25) is 0 Å². The Hall–Kier alpha value is -2.27. The first-order valence-corrected chi connectivity index (χ1v) is 12.3. The van der Waals surface area contributed by atoms with Crippen molar-refractivity contribution in [2.24, 2.45) is 0 Å². The smallest absolute Gasteiger partial charge is 0.242 e. The largest absolute Gasteiger partial charge is 0.352 e. The van der Waals surface area contributed by atoms with Gasteiger partial charge in [-0.15, -0.1) is 11.8 Å². The number of rotatable bonds is 8. The van der Waals surface area contributed by atoms with E-state index in [2.05, 4.69) is 30.4 Å². The lowest BCUT2D eigenvalue weighted by atomic mass is 9.95. The average Bonchev–Trinajstić information content (AvgIpc) is 2.77. The van der Waals surface area contributed by atoms with Gasteiger partial charge in [-0.2, -0.15) is 0 Å². The minimum atomic E-state index is -0.506. The molecule has 31 heavy (non-hydrogen) atoms. The Morgan fingerprint density at radius 1 is 1.03 bits per heavy atom. The minimum Gasteiger partial charge on any atom is -0.352 e. The highest BCUT2D eigenvalue weighted by Crippen LogP contribution is 2.21. The normalized spacial score (nSPS) is 15.3. The SMILES string of the molecule is Cc1ccc(SCC(=O)N(Cc2cccc(C)c2)C(C)C(=O)NC2CCCCC2)cc1. The maximum atomic E-state index is 13.2. The summed E-state index contributed by atoms with van der Waals surface area (Å²) in [6.07, 6.45) is 5.65. The van der Waals surface area contributed by atoms with Gasteiger partial charge in [0.05, 0.1) is 5.75 Å². The maximum absolute atomic E-state index is 13.2. The Morgan fingerprint density at radius 2 is 1.74 bits per heavy atom. The molecule has 1 atom stereocenters. The predicted molar refractivity (Wildman–Crippen MR) is 128 cm³/mol. The molecule has 2 amide bonds. The Balaban J connectivity index is 1.70. The fraction of sp³-hybridized carbons (Fsp3) is 0.462. The molecule has 4 nitrogen and oxygen atoms in total. The van der Waals surface area contributed by atoms with Crippen LogP contribution in [-0.2, 0) is 16.1 Å². The number of thioether (sulfide) groups is 1. The summed E-state index contributed by atoms with van der Waals surface area (Å²) < 4.78 is 0. The van der Waals surface area contributed by atoms with E-state index in [0.717, 1.165) is 28.9 Å². The number of carbonyl (C=O) groups is 2. The van der Waals surface area contributed by atoms with Gasteiger partial charge < -0.3 is 10.2 Å². The molecule has 0 aliphatic heterocycles. The van der Waals surface area contributed by atoms with Crippen molar-refractivity contribution in [1.29, 1.82) is 0 Å². The Bertz CT molecular complexity index is 875. The number of hydrogen-bond acceptors (Lipinski definition) is 3. The van der Waals surface area contributed by atoms with Crippen LogP contribution in [0.4, 0.5) is 0 Å². The zero-order chi connectivity index (χ0) is 22.2. The third-order valence-corrected chi connectivity index (χ3v) is 6.93. The first-order valence-electron chi connectivity index (χ1n) is 11.3. The van der Waals surface area contributed by atoms with Crippen LogP contribution in [0.1, 0.15) is 55.7 Å². The van der Waals surface area contributed by atoms with Crippen LogP contribution < -0.4 is 5.32 Å². The van der Waals surface area contributed by atoms with Gasteiger partial charge in [0.2, 0.25) is 11.8 Å². The molecule has 0 saturated heterocycles. The van der Waals surface area contributed by atoms with Gasteiger partial charge in [0.25, 0.3) is 0 Å². The van der Waals surface area contributed by atoms with E-state index in [1.54, 1.807) is 4.90 Å². The van der Waals surface area contributed by atoms with E-state index in [0.29, 0.717) is 12.3 Å². The van der Waals surface area contributed by atoms with Crippen molar-refractivity contribution in [1.82, 2.24) is 10.2 Å². The first kappa shape index (κ1) is 23.4. The van der Waals surface area contributed by atoms with Crippen LogP contribution in [0.15, 0.2) is 53.4 Å². The maximum Gasteiger partial charge on any atom is 0.242 e. The topological polar surface area (TPSA) is 49.4 Å². The van der Waals surface area contributed by atoms with E-state index >= 15 is 0 Å². The standard InChI is InChI=1S/C26H34N2O2S/c1-19-12-14-24(15-13-19)31-18-25(29)28(17-22-9-7-8-20(2)16-22)21(3)26(30)27-23-10-5-4-6-11-23/h7-9,12-16,21,23H,4-6,10-11,17-18H2,1-3H3,(H,27,30). The monoisotopic (exact) mass is 438 g/mol. The fourth-order valence-electron chi connectivity index (χ4n) is 4.02.